The normalized spacial score (nSPS) is 30.0. The maximum absolute atomic E-state index is 10.2. The van der Waals surface area contributed by atoms with Crippen LogP contribution >= 0.6 is 0 Å². The first-order valence-electron chi connectivity index (χ1n) is 6.50. The van der Waals surface area contributed by atoms with Gasteiger partial charge in [0.1, 0.15) is 11.8 Å². The first kappa shape index (κ1) is 13.3. The van der Waals surface area contributed by atoms with Gasteiger partial charge in [0.25, 0.3) is 0 Å². The summed E-state index contributed by atoms with van der Waals surface area (Å²) in [6, 6.07) is 0. The minimum atomic E-state index is -0.918. The number of nitrogens with one attached hydrogen (secondary N) is 1. The van der Waals surface area contributed by atoms with E-state index in [1.165, 1.54) is 13.4 Å². The molecule has 2 heterocycles. The first-order chi connectivity index (χ1) is 9.67. The van der Waals surface area contributed by atoms with Crippen LogP contribution in [0.5, 0.6) is 5.88 Å². The van der Waals surface area contributed by atoms with Crippen LogP contribution in [0.3, 0.4) is 0 Å². The number of aromatic amines is 1. The summed E-state index contributed by atoms with van der Waals surface area (Å²) < 4.78 is 5.16. The number of aromatic nitrogens is 3. The maximum Gasteiger partial charge on any atom is 0.241 e. The van der Waals surface area contributed by atoms with Gasteiger partial charge in [-0.15, -0.1) is 0 Å². The highest BCUT2D eigenvalue weighted by Crippen LogP contribution is 2.41. The first-order valence-corrected chi connectivity index (χ1v) is 6.50. The molecule has 1 aliphatic carbocycles. The van der Waals surface area contributed by atoms with Crippen LogP contribution in [0.1, 0.15) is 17.9 Å². The van der Waals surface area contributed by atoms with Gasteiger partial charge in [-0.1, -0.05) is 0 Å². The molecule has 2 aromatic heterocycles. The van der Waals surface area contributed by atoms with Crippen LogP contribution in [-0.2, 0) is 0 Å². The van der Waals surface area contributed by atoms with E-state index in [2.05, 4.69) is 15.0 Å². The zero-order valence-corrected chi connectivity index (χ0v) is 11.0. The lowest BCUT2D eigenvalue weighted by atomic mass is 9.96. The molecule has 0 bridgehead atoms. The average molecular weight is 279 g/mol. The second-order valence-electron chi connectivity index (χ2n) is 5.12. The van der Waals surface area contributed by atoms with Crippen LogP contribution in [-0.4, -0.2) is 56.2 Å². The number of aliphatic hydroxyl groups excluding tert-OH is 3. The number of H-pyrrole nitrogens is 1. The highest BCUT2D eigenvalue weighted by molar-refractivity contribution is 5.83. The van der Waals surface area contributed by atoms with E-state index in [1.54, 1.807) is 6.20 Å². The molecule has 3 rings (SSSR count). The van der Waals surface area contributed by atoms with E-state index in [4.69, 9.17) is 4.74 Å². The Balaban J connectivity index is 2.03. The predicted molar refractivity (Wildman–Crippen MR) is 70.4 cm³/mol. The minimum absolute atomic E-state index is 0.143. The van der Waals surface area contributed by atoms with Crippen molar-refractivity contribution < 1.29 is 20.1 Å². The molecule has 7 nitrogen and oxygen atoms in total. The monoisotopic (exact) mass is 279 g/mol. The summed E-state index contributed by atoms with van der Waals surface area (Å²) in [5.41, 5.74) is 2.15. The Kier molecular flexibility index (Phi) is 3.33. The van der Waals surface area contributed by atoms with Crippen molar-refractivity contribution in [1.29, 1.82) is 0 Å². The Morgan fingerprint density at radius 3 is 2.80 bits per heavy atom. The molecule has 2 aromatic rings. The van der Waals surface area contributed by atoms with Gasteiger partial charge in [0.2, 0.25) is 5.88 Å². The number of nitrogens with zero attached hydrogens (tertiary/aromatic N) is 2. The quantitative estimate of drug-likeness (QED) is 0.618. The van der Waals surface area contributed by atoms with Crippen LogP contribution < -0.4 is 4.74 Å². The van der Waals surface area contributed by atoms with Crippen molar-refractivity contribution >= 4 is 11.0 Å². The van der Waals surface area contributed by atoms with E-state index in [1.807, 2.05) is 0 Å². The zero-order valence-electron chi connectivity index (χ0n) is 11.0. The summed E-state index contributed by atoms with van der Waals surface area (Å²) in [4.78, 5) is 11.3. The summed E-state index contributed by atoms with van der Waals surface area (Å²) in [7, 11) is 1.53. The molecule has 0 unspecified atom stereocenters. The Morgan fingerprint density at radius 1 is 1.35 bits per heavy atom. The number of hydrogen-bond donors (Lipinski definition) is 4. The van der Waals surface area contributed by atoms with Gasteiger partial charge in [-0.3, -0.25) is 0 Å². The molecule has 0 aromatic carbocycles. The molecule has 0 aliphatic heterocycles. The summed E-state index contributed by atoms with van der Waals surface area (Å²) >= 11 is 0. The van der Waals surface area contributed by atoms with Crippen molar-refractivity contribution in [1.82, 2.24) is 15.0 Å². The fraction of sp³-hybridized carbons (Fsp3) is 0.538. The van der Waals surface area contributed by atoms with Crippen LogP contribution in [0, 0.1) is 5.92 Å². The zero-order chi connectivity index (χ0) is 14.3. The highest BCUT2D eigenvalue weighted by Gasteiger charge is 2.42. The van der Waals surface area contributed by atoms with E-state index in [9.17, 15) is 15.3 Å². The second-order valence-corrected chi connectivity index (χ2v) is 5.12. The molecule has 7 heteroatoms. The Labute approximate surface area is 115 Å². The number of hydrogen-bond acceptors (Lipinski definition) is 6. The largest absolute Gasteiger partial charge is 0.479 e. The van der Waals surface area contributed by atoms with Crippen LogP contribution in [0.4, 0.5) is 0 Å². The third-order valence-electron chi connectivity index (χ3n) is 4.09. The molecule has 1 saturated carbocycles. The Hall–Kier alpha value is -1.70. The number of fused-ring (bicyclic) bond motifs is 1. The van der Waals surface area contributed by atoms with Crippen molar-refractivity contribution in [3.8, 4) is 5.88 Å². The minimum Gasteiger partial charge on any atom is -0.479 e. The average Bonchev–Trinajstić information content (AvgIpc) is 3.01. The molecule has 1 aliphatic rings. The van der Waals surface area contributed by atoms with Gasteiger partial charge < -0.3 is 25.0 Å². The van der Waals surface area contributed by atoms with Gasteiger partial charge in [-0.05, 0) is 6.42 Å². The van der Waals surface area contributed by atoms with E-state index in [0.717, 1.165) is 5.56 Å². The summed E-state index contributed by atoms with van der Waals surface area (Å²) in [6.07, 6.45) is 1.84. The van der Waals surface area contributed by atoms with Crippen LogP contribution in [0.2, 0.25) is 0 Å². The lowest BCUT2D eigenvalue weighted by Crippen LogP contribution is -2.28. The van der Waals surface area contributed by atoms with Crippen molar-refractivity contribution in [3.63, 3.8) is 0 Å². The summed E-state index contributed by atoms with van der Waals surface area (Å²) in [5, 5.41) is 29.3. The van der Waals surface area contributed by atoms with Crippen molar-refractivity contribution in [2.45, 2.75) is 24.5 Å². The fourth-order valence-electron chi connectivity index (χ4n) is 2.99. The Bertz CT molecular complexity index is 615. The smallest absolute Gasteiger partial charge is 0.241 e. The van der Waals surface area contributed by atoms with Crippen LogP contribution in [0.15, 0.2) is 12.5 Å². The van der Waals surface area contributed by atoms with E-state index in [0.29, 0.717) is 23.3 Å². The molecular weight excluding hydrogens is 262 g/mol. The SMILES string of the molecule is COc1ncnc2c([C@@H]3C[C@H](CO)[C@@H](O)[C@H]3O)c[nH]c12. The number of ether oxygens (including phenoxy) is 1. The molecule has 20 heavy (non-hydrogen) atoms. The molecule has 0 saturated heterocycles. The van der Waals surface area contributed by atoms with Gasteiger partial charge in [-0.2, -0.15) is 4.98 Å². The fourth-order valence-corrected chi connectivity index (χ4v) is 2.99. The number of rotatable bonds is 3. The molecule has 108 valence electrons. The van der Waals surface area contributed by atoms with Gasteiger partial charge in [0, 0.05) is 30.2 Å². The van der Waals surface area contributed by atoms with Crippen molar-refractivity contribution in [2.75, 3.05) is 13.7 Å². The second kappa shape index (κ2) is 5.01. The number of methoxy groups -OCH3 is 1. The van der Waals surface area contributed by atoms with Gasteiger partial charge >= 0.3 is 0 Å². The van der Waals surface area contributed by atoms with Crippen LogP contribution in [0.25, 0.3) is 11.0 Å². The van der Waals surface area contributed by atoms with Crippen molar-refractivity contribution in [3.05, 3.63) is 18.1 Å². The Morgan fingerprint density at radius 2 is 2.15 bits per heavy atom. The van der Waals surface area contributed by atoms with E-state index >= 15 is 0 Å². The number of aliphatic hydroxyl groups is 3. The van der Waals surface area contributed by atoms with Gasteiger partial charge in [0.15, 0.2) is 0 Å². The summed E-state index contributed by atoms with van der Waals surface area (Å²) in [6.45, 7) is -0.143. The molecule has 1 fully saturated rings. The summed E-state index contributed by atoms with van der Waals surface area (Å²) in [5.74, 6) is -0.146. The third kappa shape index (κ3) is 1.86. The highest BCUT2D eigenvalue weighted by atomic mass is 16.5. The predicted octanol–water partition coefficient (Wildman–Crippen LogP) is -0.216. The lowest BCUT2D eigenvalue weighted by molar-refractivity contribution is 0.00241. The lowest BCUT2D eigenvalue weighted by Gasteiger charge is -2.15. The maximum atomic E-state index is 10.2. The van der Waals surface area contributed by atoms with Gasteiger partial charge in [0.05, 0.1) is 24.8 Å². The van der Waals surface area contributed by atoms with Crippen molar-refractivity contribution in [2.24, 2.45) is 5.92 Å². The molecule has 0 spiro atoms. The molecule has 4 N–H and O–H groups in total. The molecular formula is C13H17N3O4. The topological polar surface area (TPSA) is 111 Å². The van der Waals surface area contributed by atoms with E-state index < -0.39 is 12.2 Å². The van der Waals surface area contributed by atoms with Gasteiger partial charge in [-0.25, -0.2) is 4.98 Å². The molecule has 0 amide bonds. The van der Waals surface area contributed by atoms with E-state index in [-0.39, 0.29) is 18.4 Å². The standard InChI is InChI=1S/C13H17N3O4/c1-20-13-10-9(15-5-16-13)8(3-14-10)7-2-6(4-17)11(18)12(7)19/h3,5-7,11-12,14,17-19H,2,4H2,1H3/t6-,7+,11-,12+/m1/s1. The molecule has 0 radical (unpaired) electrons. The third-order valence-corrected chi connectivity index (χ3v) is 4.09. The molecule has 4 atom stereocenters.